The molecule has 0 heterocycles. The van der Waals surface area contributed by atoms with E-state index in [4.69, 9.17) is 0 Å². The van der Waals surface area contributed by atoms with Gasteiger partial charge in [0, 0.05) is 19.5 Å². The van der Waals surface area contributed by atoms with Crippen molar-refractivity contribution >= 4 is 23.1 Å². The van der Waals surface area contributed by atoms with Crippen molar-refractivity contribution in [3.63, 3.8) is 0 Å². The minimum absolute atomic E-state index is 0. The van der Waals surface area contributed by atoms with E-state index >= 15 is 0 Å². The predicted molar refractivity (Wildman–Crippen MR) is 51.3 cm³/mol. The summed E-state index contributed by atoms with van der Waals surface area (Å²) >= 11 is 0. The third-order valence-electron chi connectivity index (χ3n) is 0. The summed E-state index contributed by atoms with van der Waals surface area (Å²) in [5.74, 6) is 0. The van der Waals surface area contributed by atoms with E-state index in [1.807, 2.05) is 0 Å². The molecule has 0 unspecified atom stereocenters. The second-order valence-electron chi connectivity index (χ2n) is 0. The van der Waals surface area contributed by atoms with E-state index < -0.39 is 0 Å². The monoisotopic (exact) mass is 266 g/mol. The Bertz CT molecular complexity index is 16.4. The Balaban J connectivity index is 0. The van der Waals surface area contributed by atoms with Crippen LogP contribution < -0.4 is 18.9 Å². The Morgan fingerprint density at radius 3 is 0.545 bits per heavy atom. The Kier molecular flexibility index (Phi) is 7200. The van der Waals surface area contributed by atoms with E-state index in [1.54, 1.807) is 0 Å². The normalized spacial score (nSPS) is 0. The molecule has 0 aliphatic carbocycles. The molecule has 58 valence electrons. The van der Waals surface area contributed by atoms with Gasteiger partial charge in [0.25, 0.3) is 0 Å². The van der Waals surface area contributed by atoms with Crippen molar-refractivity contribution in [2.24, 2.45) is 0 Å². The van der Waals surface area contributed by atoms with Gasteiger partial charge < -0.3 is 37.1 Å². The topological polar surface area (TPSA) is 0 Å². The average Bonchev–Trinajstić information content (AvgIpc) is 0. The zero-order valence-electron chi connectivity index (χ0n) is 8.12. The Morgan fingerprint density at radius 1 is 0.545 bits per heavy atom. The van der Waals surface area contributed by atoms with Crippen molar-refractivity contribution < 1.29 is 57.8 Å². The Labute approximate surface area is 131 Å². The van der Waals surface area contributed by atoms with Gasteiger partial charge in [-0.05, 0) is 0 Å². The summed E-state index contributed by atoms with van der Waals surface area (Å²) in [4.78, 5) is 0. The maximum Gasteiger partial charge on any atom is 2.00 e. The van der Waals surface area contributed by atoms with Crippen molar-refractivity contribution in [2.45, 2.75) is 14.9 Å². The van der Waals surface area contributed by atoms with Crippen LogP contribution in [-0.4, -0.2) is 23.1 Å². The van der Waals surface area contributed by atoms with Crippen molar-refractivity contribution in [1.29, 1.82) is 0 Å². The summed E-state index contributed by atoms with van der Waals surface area (Å²) in [6, 6.07) is 0. The smallest absolute Gasteiger partial charge is 0.358 e. The third kappa shape index (κ3) is 208. The third-order valence-corrected chi connectivity index (χ3v) is 0. The Hall–Kier alpha value is 2.61. The van der Waals surface area contributed by atoms with Gasteiger partial charge in [-0.25, -0.2) is 0 Å². The van der Waals surface area contributed by atoms with E-state index in [0.717, 1.165) is 0 Å². The molecule has 0 bridgehead atoms. The molecular formula is C7H23LiMgZn2. The fraction of sp³-hybridized carbons (Fsp3) is 0.286. The van der Waals surface area contributed by atoms with Crippen LogP contribution in [0.4, 0.5) is 0 Å². The largest absolute Gasteiger partial charge is 2.00 e. The van der Waals surface area contributed by atoms with Crippen molar-refractivity contribution in [1.82, 2.24) is 0 Å². The minimum Gasteiger partial charge on any atom is -0.358 e. The van der Waals surface area contributed by atoms with Crippen LogP contribution in [0.25, 0.3) is 0 Å². The molecular weight excluding hydrogens is 246 g/mol. The molecule has 0 saturated carbocycles. The summed E-state index contributed by atoms with van der Waals surface area (Å²) < 4.78 is 0. The molecule has 11 heavy (non-hydrogen) atoms. The molecule has 0 saturated heterocycles. The second-order valence-corrected chi connectivity index (χ2v) is 0. The van der Waals surface area contributed by atoms with Gasteiger partial charge in [0.15, 0.2) is 0 Å². The summed E-state index contributed by atoms with van der Waals surface area (Å²) in [5, 5.41) is 0. The van der Waals surface area contributed by atoms with Crippen molar-refractivity contribution in [3.05, 3.63) is 37.1 Å². The first-order chi connectivity index (χ1) is 0. The molecule has 0 aromatic carbocycles. The molecule has 0 aliphatic heterocycles. The summed E-state index contributed by atoms with van der Waals surface area (Å²) in [6.07, 6.45) is 0. The minimum atomic E-state index is 0. The van der Waals surface area contributed by atoms with Crippen LogP contribution in [0.2, 0.25) is 0 Å². The van der Waals surface area contributed by atoms with E-state index in [-0.39, 0.29) is 133 Å². The van der Waals surface area contributed by atoms with E-state index in [2.05, 4.69) is 0 Å². The summed E-state index contributed by atoms with van der Waals surface area (Å²) in [7, 11) is 0. The maximum atomic E-state index is 0. The molecule has 4 heteroatoms. The fourth-order valence-electron chi connectivity index (χ4n) is 0. The molecule has 0 spiro atoms. The average molecular weight is 269 g/mol. The molecule has 0 aromatic rings. The molecule has 0 aromatic heterocycles. The van der Waals surface area contributed by atoms with Gasteiger partial charge in [0.1, 0.15) is 0 Å². The number of rotatable bonds is 0. The fourth-order valence-corrected chi connectivity index (χ4v) is 0. The van der Waals surface area contributed by atoms with Gasteiger partial charge in [-0.2, -0.15) is 0 Å². The zero-order chi connectivity index (χ0) is 0. The van der Waals surface area contributed by atoms with Crippen LogP contribution in [0, 0.1) is 37.1 Å². The second kappa shape index (κ2) is 249. The quantitative estimate of drug-likeness (QED) is 0.433. The molecule has 0 nitrogen and oxygen atoms in total. The molecule has 0 radical (unpaired) electrons. The van der Waals surface area contributed by atoms with Gasteiger partial charge >= 0.3 is 61.4 Å². The van der Waals surface area contributed by atoms with Crippen LogP contribution in [-0.2, 0) is 39.0 Å². The van der Waals surface area contributed by atoms with Crippen molar-refractivity contribution in [3.8, 4) is 0 Å². The molecule has 0 N–H and O–H groups in total. The predicted octanol–water partition coefficient (Wildman–Crippen LogP) is 0.142. The van der Waals surface area contributed by atoms with Crippen LogP contribution >= 0.6 is 0 Å². The first-order valence-electron chi connectivity index (χ1n) is 0. The van der Waals surface area contributed by atoms with Crippen molar-refractivity contribution in [2.75, 3.05) is 0 Å². The van der Waals surface area contributed by atoms with Gasteiger partial charge in [-0.15, -0.1) is 0 Å². The standard InChI is InChI=1S/2CH4.5CH3.Li.Mg.2Zn/h2*1H4;5*1H3;;;;/q;;5*-1;+1;+2;;+2. The van der Waals surface area contributed by atoms with Crippen LogP contribution in [0.15, 0.2) is 0 Å². The zero-order valence-corrected chi connectivity index (χ0v) is 15.5. The van der Waals surface area contributed by atoms with Gasteiger partial charge in [0.05, 0.1) is 0 Å². The molecule has 0 amide bonds. The van der Waals surface area contributed by atoms with Gasteiger partial charge in [-0.3, -0.25) is 0 Å². The SMILES string of the molecule is C.C.[CH3-].[CH3-].[CH3-].[CH3-].[CH3-].[Li+].[Mg+2].[Zn+2].[Zn]. The number of hydrogen-bond donors (Lipinski definition) is 0. The molecule has 0 aliphatic rings. The van der Waals surface area contributed by atoms with Gasteiger partial charge in [-0.1, -0.05) is 14.9 Å². The molecule has 0 atom stereocenters. The van der Waals surface area contributed by atoms with Crippen LogP contribution in [0.3, 0.4) is 0 Å². The molecule has 0 rings (SSSR count). The van der Waals surface area contributed by atoms with Crippen LogP contribution in [0.5, 0.6) is 0 Å². The van der Waals surface area contributed by atoms with E-state index in [9.17, 15) is 0 Å². The van der Waals surface area contributed by atoms with E-state index in [0.29, 0.717) is 0 Å². The van der Waals surface area contributed by atoms with Crippen LogP contribution in [0.1, 0.15) is 14.9 Å². The summed E-state index contributed by atoms with van der Waals surface area (Å²) in [6.45, 7) is 0. The number of hydrogen-bond acceptors (Lipinski definition) is 0. The van der Waals surface area contributed by atoms with Gasteiger partial charge in [0.2, 0.25) is 0 Å². The first-order valence-corrected chi connectivity index (χ1v) is 0. The summed E-state index contributed by atoms with van der Waals surface area (Å²) in [5.41, 5.74) is 0. The Morgan fingerprint density at radius 2 is 0.545 bits per heavy atom. The molecule has 0 fully saturated rings. The van der Waals surface area contributed by atoms with E-state index in [1.165, 1.54) is 0 Å². The first kappa shape index (κ1) is 318. The maximum absolute atomic E-state index is 0.